The second-order valence-corrected chi connectivity index (χ2v) is 11.0. The van der Waals surface area contributed by atoms with E-state index >= 15 is 0 Å². The lowest BCUT2D eigenvalue weighted by atomic mass is 9.94. The fourth-order valence-corrected chi connectivity index (χ4v) is 5.53. The van der Waals surface area contributed by atoms with Gasteiger partial charge in [0.2, 0.25) is 5.88 Å². The third-order valence-corrected chi connectivity index (χ3v) is 8.01. The Morgan fingerprint density at radius 3 is 2.52 bits per heavy atom. The highest BCUT2D eigenvalue weighted by atomic mass is 19.1. The van der Waals surface area contributed by atoms with Crippen LogP contribution in [0.5, 0.6) is 11.6 Å². The second kappa shape index (κ2) is 14.2. The Labute approximate surface area is 276 Å². The van der Waals surface area contributed by atoms with E-state index in [4.69, 9.17) is 29.4 Å². The number of benzene rings is 4. The Kier molecular flexibility index (Phi) is 9.41. The van der Waals surface area contributed by atoms with E-state index in [-0.39, 0.29) is 17.7 Å². The Hall–Kier alpha value is -6.05. The monoisotopic (exact) mass is 642 g/mol. The number of carboxylic acids is 1. The zero-order valence-electron chi connectivity index (χ0n) is 26.3. The molecule has 0 amide bonds. The van der Waals surface area contributed by atoms with Gasteiger partial charge in [0.25, 0.3) is 0 Å². The minimum absolute atomic E-state index is 0.0416. The first-order valence-electron chi connectivity index (χ1n) is 15.1. The highest BCUT2D eigenvalue weighted by Crippen LogP contribution is 2.33. The minimum atomic E-state index is -1.00. The molecule has 0 bridgehead atoms. The molecule has 0 aliphatic heterocycles. The smallest absolute Gasteiger partial charge is 0.335 e. The number of pyridine rings is 1. The standard InChI is InChI=1S/C38H31FN4O5/c1-46-16-15-43-35-20-28(38(44)45)13-14-34(35)41-36(43)21-26-11-12-27(19-31(26)25-5-3-6-30(18-25)47-2)33-7-4-8-37(42-33)48-23-29-10-9-24(22-40)17-32(29)39/h3-14,17-20H,15-16,21,23H2,1-2H3,(H,44,45). The number of fused-ring (bicyclic) bond motifs is 1. The lowest BCUT2D eigenvalue weighted by molar-refractivity contribution is 0.0697. The molecule has 6 aromatic rings. The predicted molar refractivity (Wildman–Crippen MR) is 178 cm³/mol. The summed E-state index contributed by atoms with van der Waals surface area (Å²) in [5.41, 5.74) is 6.54. The normalized spacial score (nSPS) is 11.0. The molecule has 10 heteroatoms. The SMILES string of the molecule is COCCn1c(Cc2ccc(-c3cccc(OCc4ccc(C#N)cc4F)n3)cc2-c2cccc(OC)c2)nc2ccc(C(=O)O)cc21. The van der Waals surface area contributed by atoms with Crippen molar-refractivity contribution in [2.24, 2.45) is 0 Å². The van der Waals surface area contributed by atoms with Crippen molar-refractivity contribution >= 4 is 17.0 Å². The van der Waals surface area contributed by atoms with Gasteiger partial charge in [-0.15, -0.1) is 0 Å². The van der Waals surface area contributed by atoms with Crippen LogP contribution in [0.1, 0.15) is 32.9 Å². The van der Waals surface area contributed by atoms with Crippen LogP contribution in [0.25, 0.3) is 33.4 Å². The van der Waals surface area contributed by atoms with Crippen LogP contribution in [0, 0.1) is 17.1 Å². The van der Waals surface area contributed by atoms with Gasteiger partial charge < -0.3 is 23.9 Å². The molecule has 0 spiro atoms. The molecule has 1 N–H and O–H groups in total. The van der Waals surface area contributed by atoms with E-state index in [0.717, 1.165) is 33.6 Å². The summed E-state index contributed by atoms with van der Waals surface area (Å²) >= 11 is 0. The number of halogens is 1. The summed E-state index contributed by atoms with van der Waals surface area (Å²) in [4.78, 5) is 21.3. The van der Waals surface area contributed by atoms with Crippen LogP contribution in [0.4, 0.5) is 4.39 Å². The Bertz CT molecular complexity index is 2170. The van der Waals surface area contributed by atoms with E-state index in [9.17, 15) is 14.3 Å². The van der Waals surface area contributed by atoms with Gasteiger partial charge in [-0.05, 0) is 71.3 Å². The molecule has 0 saturated carbocycles. The average molecular weight is 643 g/mol. The molecule has 0 radical (unpaired) electrons. The summed E-state index contributed by atoms with van der Waals surface area (Å²) < 4.78 is 33.2. The Morgan fingerprint density at radius 1 is 0.917 bits per heavy atom. The van der Waals surface area contributed by atoms with Gasteiger partial charge in [-0.1, -0.05) is 36.4 Å². The largest absolute Gasteiger partial charge is 0.497 e. The van der Waals surface area contributed by atoms with Crippen molar-refractivity contribution in [3.63, 3.8) is 0 Å². The molecular formula is C38H31FN4O5. The summed E-state index contributed by atoms with van der Waals surface area (Å²) in [6, 6.07) is 30.4. The van der Waals surface area contributed by atoms with Gasteiger partial charge in [0.1, 0.15) is 24.0 Å². The van der Waals surface area contributed by atoms with E-state index in [2.05, 4.69) is 6.07 Å². The van der Waals surface area contributed by atoms with Gasteiger partial charge in [-0.3, -0.25) is 0 Å². The van der Waals surface area contributed by atoms with Gasteiger partial charge in [0.05, 0.1) is 47.6 Å². The average Bonchev–Trinajstić information content (AvgIpc) is 3.46. The first-order chi connectivity index (χ1) is 23.4. The van der Waals surface area contributed by atoms with Crippen molar-refractivity contribution in [2.75, 3.05) is 20.8 Å². The quantitative estimate of drug-likeness (QED) is 0.148. The summed E-state index contributed by atoms with van der Waals surface area (Å²) in [5, 5.41) is 18.6. The van der Waals surface area contributed by atoms with Gasteiger partial charge in [-0.2, -0.15) is 5.26 Å². The zero-order chi connectivity index (χ0) is 33.6. The van der Waals surface area contributed by atoms with Crippen LogP contribution in [0.2, 0.25) is 0 Å². The van der Waals surface area contributed by atoms with Gasteiger partial charge in [-0.25, -0.2) is 19.2 Å². The van der Waals surface area contributed by atoms with Crippen LogP contribution in [0.3, 0.4) is 0 Å². The Balaban J connectivity index is 1.37. The maximum atomic E-state index is 14.4. The lowest BCUT2D eigenvalue weighted by Crippen LogP contribution is -2.10. The van der Waals surface area contributed by atoms with Gasteiger partial charge >= 0.3 is 5.97 Å². The van der Waals surface area contributed by atoms with E-state index in [1.54, 1.807) is 44.6 Å². The third-order valence-electron chi connectivity index (χ3n) is 8.01. The molecule has 48 heavy (non-hydrogen) atoms. The molecule has 9 nitrogen and oxygen atoms in total. The molecule has 0 saturated heterocycles. The fourth-order valence-electron chi connectivity index (χ4n) is 5.53. The van der Waals surface area contributed by atoms with Crippen LogP contribution < -0.4 is 9.47 Å². The first kappa shape index (κ1) is 31.9. The molecule has 0 fully saturated rings. The molecule has 0 aliphatic rings. The molecule has 2 aromatic heterocycles. The summed E-state index contributed by atoms with van der Waals surface area (Å²) in [6.07, 6.45) is 0.459. The van der Waals surface area contributed by atoms with Crippen molar-refractivity contribution in [3.05, 3.63) is 131 Å². The number of nitriles is 1. The van der Waals surface area contributed by atoms with E-state index in [1.165, 1.54) is 12.1 Å². The molecule has 2 heterocycles. The van der Waals surface area contributed by atoms with E-state index in [1.807, 2.05) is 59.2 Å². The number of hydrogen-bond acceptors (Lipinski definition) is 7. The number of ether oxygens (including phenoxy) is 3. The van der Waals surface area contributed by atoms with Crippen molar-refractivity contribution < 1.29 is 28.5 Å². The summed E-state index contributed by atoms with van der Waals surface area (Å²) in [5.74, 6) is 0.294. The van der Waals surface area contributed by atoms with Crippen molar-refractivity contribution in [1.29, 1.82) is 5.26 Å². The molecule has 0 atom stereocenters. The third kappa shape index (κ3) is 6.87. The minimum Gasteiger partial charge on any atom is -0.497 e. The van der Waals surface area contributed by atoms with Crippen LogP contribution in [0.15, 0.2) is 97.1 Å². The van der Waals surface area contributed by atoms with Gasteiger partial charge in [0, 0.05) is 37.3 Å². The van der Waals surface area contributed by atoms with Crippen LogP contribution in [-0.4, -0.2) is 46.4 Å². The van der Waals surface area contributed by atoms with E-state index < -0.39 is 11.8 Å². The van der Waals surface area contributed by atoms with Crippen LogP contribution >= 0.6 is 0 Å². The summed E-state index contributed by atoms with van der Waals surface area (Å²) in [6.45, 7) is 0.889. The number of carboxylic acid groups (broad SMARTS) is 1. The maximum absolute atomic E-state index is 14.4. The number of methoxy groups -OCH3 is 2. The number of carbonyl (C=O) groups is 1. The number of hydrogen-bond donors (Lipinski definition) is 1. The second-order valence-electron chi connectivity index (χ2n) is 11.0. The first-order valence-corrected chi connectivity index (χ1v) is 15.1. The van der Waals surface area contributed by atoms with Gasteiger partial charge in [0.15, 0.2) is 0 Å². The van der Waals surface area contributed by atoms with Crippen LogP contribution in [-0.2, 0) is 24.3 Å². The fraction of sp³-hybridized carbons (Fsp3) is 0.158. The lowest BCUT2D eigenvalue weighted by Gasteiger charge is -2.15. The molecule has 240 valence electrons. The number of imidazole rings is 1. The molecule has 4 aromatic carbocycles. The number of nitrogens with zero attached hydrogens (tertiary/aromatic N) is 4. The molecular weight excluding hydrogens is 611 g/mol. The van der Waals surface area contributed by atoms with Crippen molar-refractivity contribution in [3.8, 4) is 40.1 Å². The Morgan fingerprint density at radius 2 is 1.75 bits per heavy atom. The highest BCUT2D eigenvalue weighted by molar-refractivity contribution is 5.92. The highest BCUT2D eigenvalue weighted by Gasteiger charge is 2.17. The topological polar surface area (TPSA) is 119 Å². The number of rotatable bonds is 12. The maximum Gasteiger partial charge on any atom is 0.335 e. The van der Waals surface area contributed by atoms with E-state index in [0.29, 0.717) is 48.0 Å². The number of aromatic nitrogens is 3. The predicted octanol–water partition coefficient (Wildman–Crippen LogP) is 7.30. The zero-order valence-corrected chi connectivity index (χ0v) is 26.3. The number of aromatic carboxylic acids is 1. The summed E-state index contributed by atoms with van der Waals surface area (Å²) in [7, 11) is 3.25. The molecule has 6 rings (SSSR count). The van der Waals surface area contributed by atoms with Crippen molar-refractivity contribution in [2.45, 2.75) is 19.6 Å². The molecule has 0 aliphatic carbocycles. The molecule has 0 unspecified atom stereocenters. The van der Waals surface area contributed by atoms with Crippen molar-refractivity contribution in [1.82, 2.24) is 14.5 Å².